The van der Waals surface area contributed by atoms with E-state index in [-0.39, 0.29) is 6.04 Å². The van der Waals surface area contributed by atoms with E-state index in [1.807, 2.05) is 24.4 Å². The van der Waals surface area contributed by atoms with Gasteiger partial charge in [-0.25, -0.2) is 0 Å². The highest BCUT2D eigenvalue weighted by Crippen LogP contribution is 2.28. The smallest absolute Gasteiger partial charge is 0.0928 e. The van der Waals surface area contributed by atoms with Gasteiger partial charge in [0.25, 0.3) is 0 Å². The number of aromatic amines is 1. The van der Waals surface area contributed by atoms with Gasteiger partial charge in [-0.05, 0) is 30.9 Å². The van der Waals surface area contributed by atoms with Crippen molar-refractivity contribution in [3.63, 3.8) is 0 Å². The normalized spacial score (nSPS) is 19.6. The number of aliphatic hydroxyl groups is 1. The first kappa shape index (κ1) is 13.6. The molecule has 0 saturated carbocycles. The molecule has 3 rings (SSSR count). The quantitative estimate of drug-likeness (QED) is 0.812. The van der Waals surface area contributed by atoms with E-state index >= 15 is 0 Å². The van der Waals surface area contributed by atoms with Gasteiger partial charge < -0.3 is 10.4 Å². The maximum Gasteiger partial charge on any atom is 0.0928 e. The molecule has 2 atom stereocenters. The SMILES string of the molecule is O[C@@H](CNC1CCCc2cn[nH]c21)c1ccccc1Cl. The molecular formula is C15H18ClN3O. The van der Waals surface area contributed by atoms with E-state index in [1.165, 1.54) is 5.56 Å². The van der Waals surface area contributed by atoms with Crippen LogP contribution in [0, 0.1) is 0 Å². The summed E-state index contributed by atoms with van der Waals surface area (Å²) in [6.45, 7) is 0.479. The second-order valence-corrected chi connectivity index (χ2v) is 5.61. The molecular weight excluding hydrogens is 274 g/mol. The lowest BCUT2D eigenvalue weighted by atomic mass is 9.93. The van der Waals surface area contributed by atoms with E-state index in [9.17, 15) is 5.11 Å². The largest absolute Gasteiger partial charge is 0.387 e. The molecule has 0 amide bonds. The Morgan fingerprint density at radius 1 is 1.45 bits per heavy atom. The summed E-state index contributed by atoms with van der Waals surface area (Å²) in [5, 5.41) is 21.4. The van der Waals surface area contributed by atoms with Gasteiger partial charge in [-0.3, -0.25) is 5.10 Å². The van der Waals surface area contributed by atoms with Crippen LogP contribution in [0.3, 0.4) is 0 Å². The van der Waals surface area contributed by atoms with Crippen molar-refractivity contribution in [3.05, 3.63) is 52.3 Å². The molecule has 3 N–H and O–H groups in total. The maximum absolute atomic E-state index is 10.3. The highest BCUT2D eigenvalue weighted by Gasteiger charge is 2.22. The Balaban J connectivity index is 1.65. The first-order valence-electron chi connectivity index (χ1n) is 6.93. The first-order valence-corrected chi connectivity index (χ1v) is 7.31. The summed E-state index contributed by atoms with van der Waals surface area (Å²) in [6.07, 6.45) is 4.58. The van der Waals surface area contributed by atoms with Crippen LogP contribution in [0.25, 0.3) is 0 Å². The second-order valence-electron chi connectivity index (χ2n) is 5.20. The fourth-order valence-electron chi connectivity index (χ4n) is 2.78. The number of aromatic nitrogens is 2. The molecule has 1 heterocycles. The van der Waals surface area contributed by atoms with Gasteiger partial charge in [0, 0.05) is 23.2 Å². The van der Waals surface area contributed by atoms with Crippen molar-refractivity contribution in [1.29, 1.82) is 0 Å². The molecule has 0 bridgehead atoms. The summed E-state index contributed by atoms with van der Waals surface area (Å²) in [6, 6.07) is 7.64. The molecule has 1 aromatic carbocycles. The lowest BCUT2D eigenvalue weighted by Crippen LogP contribution is -2.29. The number of rotatable bonds is 4. The number of hydrogen-bond donors (Lipinski definition) is 3. The van der Waals surface area contributed by atoms with Gasteiger partial charge in [-0.1, -0.05) is 29.8 Å². The van der Waals surface area contributed by atoms with Gasteiger partial charge >= 0.3 is 0 Å². The standard InChI is InChI=1S/C15H18ClN3O/c16-12-6-2-1-5-11(12)14(20)9-17-13-7-3-4-10-8-18-19-15(10)13/h1-2,5-6,8,13-14,17,20H,3-4,7,9H2,(H,18,19)/t13?,14-/m0/s1. The monoisotopic (exact) mass is 291 g/mol. The van der Waals surface area contributed by atoms with Gasteiger partial charge in [-0.15, -0.1) is 0 Å². The molecule has 4 nitrogen and oxygen atoms in total. The Kier molecular flexibility index (Phi) is 4.05. The van der Waals surface area contributed by atoms with E-state index in [4.69, 9.17) is 11.6 Å². The minimum Gasteiger partial charge on any atom is -0.387 e. The molecule has 1 aliphatic rings. The molecule has 0 fully saturated rings. The number of aliphatic hydroxyl groups excluding tert-OH is 1. The summed E-state index contributed by atoms with van der Waals surface area (Å²) in [5.41, 5.74) is 3.20. The molecule has 20 heavy (non-hydrogen) atoms. The van der Waals surface area contributed by atoms with Crippen molar-refractivity contribution >= 4 is 11.6 Å². The number of hydrogen-bond acceptors (Lipinski definition) is 3. The summed E-state index contributed by atoms with van der Waals surface area (Å²) in [7, 11) is 0. The van der Waals surface area contributed by atoms with Crippen molar-refractivity contribution in [3.8, 4) is 0 Å². The Morgan fingerprint density at radius 2 is 2.30 bits per heavy atom. The Bertz CT molecular complexity index is 584. The van der Waals surface area contributed by atoms with Gasteiger partial charge in [0.05, 0.1) is 18.0 Å². The van der Waals surface area contributed by atoms with E-state index in [1.54, 1.807) is 6.07 Å². The van der Waals surface area contributed by atoms with Gasteiger partial charge in [0.15, 0.2) is 0 Å². The summed E-state index contributed by atoms with van der Waals surface area (Å²) < 4.78 is 0. The van der Waals surface area contributed by atoms with Crippen LogP contribution in [0.5, 0.6) is 0 Å². The maximum atomic E-state index is 10.3. The first-order chi connectivity index (χ1) is 9.75. The summed E-state index contributed by atoms with van der Waals surface area (Å²) in [4.78, 5) is 0. The van der Waals surface area contributed by atoms with Crippen LogP contribution in [0.15, 0.2) is 30.5 Å². The molecule has 0 aliphatic heterocycles. The van der Waals surface area contributed by atoms with Crippen LogP contribution in [-0.2, 0) is 6.42 Å². The average molecular weight is 292 g/mol. The summed E-state index contributed by atoms with van der Waals surface area (Å²) in [5.74, 6) is 0. The molecule has 1 aromatic heterocycles. The molecule has 1 unspecified atom stereocenters. The van der Waals surface area contributed by atoms with Gasteiger partial charge in [-0.2, -0.15) is 5.10 Å². The Hall–Kier alpha value is -1.36. The predicted octanol–water partition coefficient (Wildman–Crippen LogP) is 2.76. The lowest BCUT2D eigenvalue weighted by Gasteiger charge is -2.24. The van der Waals surface area contributed by atoms with Crippen molar-refractivity contribution in [2.75, 3.05) is 6.54 Å². The van der Waals surface area contributed by atoms with Crippen molar-refractivity contribution in [1.82, 2.24) is 15.5 Å². The van der Waals surface area contributed by atoms with Crippen LogP contribution in [-0.4, -0.2) is 21.8 Å². The Morgan fingerprint density at radius 3 is 3.15 bits per heavy atom. The third-order valence-corrected chi connectivity index (χ3v) is 4.20. The minimum absolute atomic E-state index is 0.235. The van der Waals surface area contributed by atoms with Crippen LogP contribution in [0.4, 0.5) is 0 Å². The number of nitrogens with one attached hydrogen (secondary N) is 2. The molecule has 5 heteroatoms. The zero-order chi connectivity index (χ0) is 13.9. The van der Waals surface area contributed by atoms with Crippen LogP contribution < -0.4 is 5.32 Å². The number of fused-ring (bicyclic) bond motifs is 1. The lowest BCUT2D eigenvalue weighted by molar-refractivity contribution is 0.168. The highest BCUT2D eigenvalue weighted by atomic mass is 35.5. The van der Waals surface area contributed by atoms with E-state index in [2.05, 4.69) is 15.5 Å². The number of nitrogens with zero attached hydrogens (tertiary/aromatic N) is 1. The number of halogens is 1. The van der Waals surface area contributed by atoms with Crippen LogP contribution in [0.2, 0.25) is 5.02 Å². The Labute approximate surface area is 123 Å². The fraction of sp³-hybridized carbons (Fsp3) is 0.400. The van der Waals surface area contributed by atoms with Crippen LogP contribution in [0.1, 0.15) is 41.8 Å². The van der Waals surface area contributed by atoms with Crippen LogP contribution >= 0.6 is 11.6 Å². The average Bonchev–Trinajstić information content (AvgIpc) is 2.94. The zero-order valence-corrected chi connectivity index (χ0v) is 11.9. The molecule has 0 radical (unpaired) electrons. The number of aryl methyl sites for hydroxylation is 1. The minimum atomic E-state index is -0.600. The fourth-order valence-corrected chi connectivity index (χ4v) is 3.04. The number of benzene rings is 1. The molecule has 106 valence electrons. The van der Waals surface area contributed by atoms with Gasteiger partial charge in [0.1, 0.15) is 0 Å². The topological polar surface area (TPSA) is 60.9 Å². The van der Waals surface area contributed by atoms with Gasteiger partial charge in [0.2, 0.25) is 0 Å². The van der Waals surface area contributed by atoms with E-state index in [0.29, 0.717) is 11.6 Å². The number of H-pyrrole nitrogens is 1. The third kappa shape index (κ3) is 2.73. The van der Waals surface area contributed by atoms with Crippen molar-refractivity contribution < 1.29 is 5.11 Å². The van der Waals surface area contributed by atoms with Crippen molar-refractivity contribution in [2.45, 2.75) is 31.4 Å². The second kappa shape index (κ2) is 5.95. The highest BCUT2D eigenvalue weighted by molar-refractivity contribution is 6.31. The predicted molar refractivity (Wildman–Crippen MR) is 78.7 cm³/mol. The van der Waals surface area contributed by atoms with Crippen molar-refractivity contribution in [2.24, 2.45) is 0 Å². The molecule has 2 aromatic rings. The molecule has 0 saturated heterocycles. The third-order valence-electron chi connectivity index (χ3n) is 3.86. The van der Waals surface area contributed by atoms with E-state index in [0.717, 1.165) is 30.5 Å². The molecule has 0 spiro atoms. The molecule has 1 aliphatic carbocycles. The van der Waals surface area contributed by atoms with E-state index < -0.39 is 6.10 Å². The summed E-state index contributed by atoms with van der Waals surface area (Å²) >= 11 is 6.10. The zero-order valence-electron chi connectivity index (χ0n) is 11.1.